The van der Waals surface area contributed by atoms with Crippen LogP contribution < -0.4 is 5.73 Å². The lowest BCUT2D eigenvalue weighted by Crippen LogP contribution is -2.38. The summed E-state index contributed by atoms with van der Waals surface area (Å²) in [6.07, 6.45) is 0. The highest BCUT2D eigenvalue weighted by Gasteiger charge is 2.28. The lowest BCUT2D eigenvalue weighted by molar-refractivity contribution is -0.387. The van der Waals surface area contributed by atoms with Crippen LogP contribution in [0.4, 0.5) is 14.5 Å². The average Bonchev–Trinajstić information content (AvgIpc) is 2.20. The summed E-state index contributed by atoms with van der Waals surface area (Å²) in [5.41, 5.74) is 2.75. The van der Waals surface area contributed by atoms with Gasteiger partial charge in [-0.3, -0.25) is 10.1 Å². The van der Waals surface area contributed by atoms with Gasteiger partial charge in [-0.05, 0) is 13.0 Å². The molecule has 1 aromatic rings. The van der Waals surface area contributed by atoms with Crippen LogP contribution in [-0.2, 0) is 5.54 Å². The van der Waals surface area contributed by atoms with Gasteiger partial charge in [0, 0.05) is 5.56 Å². The first-order valence-electron chi connectivity index (χ1n) is 4.33. The molecule has 1 rings (SSSR count). The molecule has 0 fully saturated rings. The number of hydrogen-bond acceptors (Lipinski definition) is 4. The monoisotopic (exact) mass is 232 g/mol. The van der Waals surface area contributed by atoms with Crippen molar-refractivity contribution in [1.29, 1.82) is 0 Å². The first-order valence-corrected chi connectivity index (χ1v) is 4.33. The number of nitro benzene ring substituents is 1. The number of aliphatic hydroxyl groups is 1. The van der Waals surface area contributed by atoms with Crippen molar-refractivity contribution in [2.45, 2.75) is 12.5 Å². The van der Waals surface area contributed by atoms with Crippen LogP contribution in [0.2, 0.25) is 0 Å². The van der Waals surface area contributed by atoms with Gasteiger partial charge < -0.3 is 10.8 Å². The molecule has 0 spiro atoms. The third-order valence-electron chi connectivity index (χ3n) is 2.18. The Morgan fingerprint density at radius 3 is 2.50 bits per heavy atom. The molecule has 0 bridgehead atoms. The van der Waals surface area contributed by atoms with E-state index < -0.39 is 34.4 Å². The van der Waals surface area contributed by atoms with Crippen LogP contribution in [0.5, 0.6) is 0 Å². The highest BCUT2D eigenvalue weighted by molar-refractivity contribution is 5.39. The van der Waals surface area contributed by atoms with Gasteiger partial charge in [-0.15, -0.1) is 0 Å². The van der Waals surface area contributed by atoms with E-state index in [-0.39, 0.29) is 5.56 Å². The second-order valence-electron chi connectivity index (χ2n) is 3.62. The normalized spacial score (nSPS) is 14.6. The van der Waals surface area contributed by atoms with E-state index in [1.54, 1.807) is 0 Å². The minimum absolute atomic E-state index is 0.307. The first-order chi connectivity index (χ1) is 7.29. The number of benzene rings is 1. The average molecular weight is 232 g/mol. The van der Waals surface area contributed by atoms with E-state index in [0.717, 1.165) is 0 Å². The van der Waals surface area contributed by atoms with Crippen molar-refractivity contribution in [3.63, 3.8) is 0 Å². The number of aliphatic hydroxyl groups excluding tert-OH is 1. The molecule has 0 saturated carbocycles. The molecular weight excluding hydrogens is 222 g/mol. The Morgan fingerprint density at radius 1 is 1.50 bits per heavy atom. The van der Waals surface area contributed by atoms with Gasteiger partial charge in [0.2, 0.25) is 5.82 Å². The van der Waals surface area contributed by atoms with Crippen molar-refractivity contribution in [1.82, 2.24) is 0 Å². The topological polar surface area (TPSA) is 89.4 Å². The van der Waals surface area contributed by atoms with Crippen LogP contribution in [0.1, 0.15) is 12.5 Å². The zero-order chi connectivity index (χ0) is 12.5. The number of nitrogens with zero attached hydrogens (tertiary/aromatic N) is 1. The Balaban J connectivity index is 3.37. The van der Waals surface area contributed by atoms with Crippen LogP contribution in [0, 0.1) is 21.7 Å². The Hall–Kier alpha value is -1.60. The molecule has 0 heterocycles. The minimum Gasteiger partial charge on any atom is -0.394 e. The number of halogens is 2. The van der Waals surface area contributed by atoms with Gasteiger partial charge in [-0.1, -0.05) is 0 Å². The highest BCUT2D eigenvalue weighted by atomic mass is 19.1. The van der Waals surface area contributed by atoms with Crippen molar-refractivity contribution in [3.05, 3.63) is 39.4 Å². The van der Waals surface area contributed by atoms with Gasteiger partial charge in [-0.25, -0.2) is 4.39 Å². The fraction of sp³-hybridized carbons (Fsp3) is 0.333. The third kappa shape index (κ3) is 2.15. The minimum atomic E-state index is -1.49. The molecule has 0 aliphatic heterocycles. The smallest absolute Gasteiger partial charge is 0.307 e. The standard InChI is InChI=1S/C9H10F2N2O3/c1-9(12,4-14)5-2-7(11)8(13(15)16)3-6(5)10/h2-3,14H,4,12H2,1H3. The molecule has 0 aliphatic rings. The molecule has 7 heteroatoms. The van der Waals surface area contributed by atoms with E-state index in [9.17, 15) is 18.9 Å². The van der Waals surface area contributed by atoms with Crippen molar-refractivity contribution < 1.29 is 18.8 Å². The molecule has 0 saturated heterocycles. The molecular formula is C9H10F2N2O3. The number of rotatable bonds is 3. The number of nitrogens with two attached hydrogens (primary N) is 1. The molecule has 0 aliphatic carbocycles. The zero-order valence-corrected chi connectivity index (χ0v) is 8.41. The van der Waals surface area contributed by atoms with Crippen LogP contribution in [0.25, 0.3) is 0 Å². The van der Waals surface area contributed by atoms with Crippen LogP contribution in [0.15, 0.2) is 12.1 Å². The maximum absolute atomic E-state index is 13.4. The van der Waals surface area contributed by atoms with Crippen LogP contribution >= 0.6 is 0 Å². The molecule has 1 aromatic carbocycles. The van der Waals surface area contributed by atoms with Crippen molar-refractivity contribution in [3.8, 4) is 0 Å². The summed E-state index contributed by atoms with van der Waals surface area (Å²) in [7, 11) is 0. The summed E-state index contributed by atoms with van der Waals surface area (Å²) in [4.78, 5) is 9.29. The maximum atomic E-state index is 13.4. The first kappa shape index (κ1) is 12.5. The van der Waals surface area contributed by atoms with Gasteiger partial charge in [0.25, 0.3) is 0 Å². The van der Waals surface area contributed by atoms with Gasteiger partial charge in [-0.2, -0.15) is 4.39 Å². The molecule has 88 valence electrons. The fourth-order valence-corrected chi connectivity index (χ4v) is 1.20. The predicted molar refractivity (Wildman–Crippen MR) is 51.6 cm³/mol. The molecule has 5 nitrogen and oxygen atoms in total. The predicted octanol–water partition coefficient (Wildman–Crippen LogP) is 1.04. The summed E-state index contributed by atoms with van der Waals surface area (Å²) in [6, 6.07) is 1.08. The molecule has 0 amide bonds. The van der Waals surface area contributed by atoms with Gasteiger partial charge in [0.05, 0.1) is 23.1 Å². The van der Waals surface area contributed by atoms with Crippen LogP contribution in [-0.4, -0.2) is 16.6 Å². The lowest BCUT2D eigenvalue weighted by atomic mass is 9.93. The summed E-state index contributed by atoms with van der Waals surface area (Å²) < 4.78 is 26.6. The third-order valence-corrected chi connectivity index (χ3v) is 2.18. The highest BCUT2D eigenvalue weighted by Crippen LogP contribution is 2.27. The summed E-state index contributed by atoms with van der Waals surface area (Å²) in [5, 5.41) is 19.2. The molecule has 16 heavy (non-hydrogen) atoms. The number of hydrogen-bond donors (Lipinski definition) is 2. The maximum Gasteiger partial charge on any atom is 0.307 e. The molecule has 3 N–H and O–H groups in total. The lowest BCUT2D eigenvalue weighted by Gasteiger charge is -2.22. The molecule has 1 unspecified atom stereocenters. The van der Waals surface area contributed by atoms with Gasteiger partial charge in [0.1, 0.15) is 5.82 Å². The van der Waals surface area contributed by atoms with E-state index in [1.807, 2.05) is 0 Å². The Bertz CT molecular complexity index is 435. The molecule has 0 aromatic heterocycles. The fourth-order valence-electron chi connectivity index (χ4n) is 1.20. The van der Waals surface area contributed by atoms with E-state index in [0.29, 0.717) is 12.1 Å². The Morgan fingerprint density at radius 2 is 2.06 bits per heavy atom. The molecule has 0 radical (unpaired) electrons. The van der Waals surface area contributed by atoms with E-state index in [1.165, 1.54) is 6.92 Å². The second-order valence-corrected chi connectivity index (χ2v) is 3.62. The van der Waals surface area contributed by atoms with E-state index in [4.69, 9.17) is 10.8 Å². The van der Waals surface area contributed by atoms with Crippen LogP contribution in [0.3, 0.4) is 0 Å². The van der Waals surface area contributed by atoms with Crippen molar-refractivity contribution in [2.75, 3.05) is 6.61 Å². The van der Waals surface area contributed by atoms with Crippen molar-refractivity contribution in [2.24, 2.45) is 5.73 Å². The SMILES string of the molecule is CC(N)(CO)c1cc(F)c([N+](=O)[O-])cc1F. The van der Waals surface area contributed by atoms with E-state index in [2.05, 4.69) is 0 Å². The van der Waals surface area contributed by atoms with Crippen molar-refractivity contribution >= 4 is 5.69 Å². The summed E-state index contributed by atoms with van der Waals surface area (Å²) >= 11 is 0. The Labute approximate surface area is 89.6 Å². The zero-order valence-electron chi connectivity index (χ0n) is 8.41. The second kappa shape index (κ2) is 4.11. The summed E-state index contributed by atoms with van der Waals surface area (Å²) in [6.45, 7) is 0.678. The largest absolute Gasteiger partial charge is 0.394 e. The quantitative estimate of drug-likeness (QED) is 0.601. The Kier molecular flexibility index (Phi) is 3.20. The van der Waals surface area contributed by atoms with E-state index >= 15 is 0 Å². The van der Waals surface area contributed by atoms with Gasteiger partial charge >= 0.3 is 5.69 Å². The molecule has 1 atom stereocenters. The number of nitro groups is 1. The summed E-state index contributed by atoms with van der Waals surface area (Å²) in [5.74, 6) is -2.21. The van der Waals surface area contributed by atoms with Gasteiger partial charge in [0.15, 0.2) is 0 Å².